The lowest BCUT2D eigenvalue weighted by Gasteiger charge is -2.10. The lowest BCUT2D eigenvalue weighted by molar-refractivity contribution is -0.142. The fourth-order valence-corrected chi connectivity index (χ4v) is 2.41. The van der Waals surface area contributed by atoms with E-state index < -0.39 is 58.8 Å². The Hall–Kier alpha value is -4.14. The van der Waals surface area contributed by atoms with Crippen LogP contribution in [0.3, 0.4) is 0 Å². The Bertz CT molecular complexity index is 1130. The van der Waals surface area contributed by atoms with Gasteiger partial charge in [0.25, 0.3) is 5.91 Å². The van der Waals surface area contributed by atoms with Crippen LogP contribution in [-0.4, -0.2) is 25.3 Å². The van der Waals surface area contributed by atoms with E-state index in [1.54, 1.807) is 6.07 Å². The number of nitrogens with zero attached hydrogens (tertiary/aromatic N) is 1. The van der Waals surface area contributed by atoms with E-state index in [0.29, 0.717) is 17.1 Å². The van der Waals surface area contributed by atoms with Crippen molar-refractivity contribution in [1.82, 2.24) is 0 Å². The van der Waals surface area contributed by atoms with Gasteiger partial charge >= 0.3 is 5.97 Å². The molecule has 0 aromatic heterocycles. The minimum Gasteiger partial charge on any atom is -0.454 e. The Morgan fingerprint density at radius 2 is 1.65 bits per heavy atom. The highest BCUT2D eigenvalue weighted by molar-refractivity contribution is 6.00. The number of nitriles is 1. The number of benzene rings is 2. The summed E-state index contributed by atoms with van der Waals surface area (Å²) in [5.41, 5.74) is -1.78. The second-order valence-electron chi connectivity index (χ2n) is 5.85. The summed E-state index contributed by atoms with van der Waals surface area (Å²) in [7, 11) is 0. The molecular weight excluding hydrogens is 431 g/mol. The molecular formula is C19H9F5N2O5. The van der Waals surface area contributed by atoms with Gasteiger partial charge in [0.05, 0.1) is 0 Å². The number of amides is 1. The maximum absolute atomic E-state index is 13.6. The van der Waals surface area contributed by atoms with Crippen molar-refractivity contribution < 1.29 is 45.8 Å². The van der Waals surface area contributed by atoms with Crippen molar-refractivity contribution in [2.45, 2.75) is 0 Å². The molecule has 31 heavy (non-hydrogen) atoms. The maximum Gasteiger partial charge on any atom is 0.349 e. The average molecular weight is 440 g/mol. The maximum atomic E-state index is 13.6. The molecule has 3 rings (SSSR count). The first-order valence-electron chi connectivity index (χ1n) is 8.22. The van der Waals surface area contributed by atoms with Gasteiger partial charge in [-0.2, -0.15) is 5.26 Å². The number of hydrogen-bond donors (Lipinski definition) is 1. The van der Waals surface area contributed by atoms with Gasteiger partial charge in [0, 0.05) is 0 Å². The molecule has 1 aliphatic heterocycles. The molecule has 0 radical (unpaired) electrons. The van der Waals surface area contributed by atoms with Crippen LogP contribution in [0.5, 0.6) is 11.5 Å². The minimum atomic E-state index is -2.40. The molecule has 0 aliphatic carbocycles. The Kier molecular flexibility index (Phi) is 6.05. The fourth-order valence-electron chi connectivity index (χ4n) is 2.41. The first kappa shape index (κ1) is 21.6. The number of ether oxygens (including phenoxy) is 3. The predicted molar refractivity (Wildman–Crippen MR) is 92.0 cm³/mol. The van der Waals surface area contributed by atoms with Gasteiger partial charge < -0.3 is 19.5 Å². The van der Waals surface area contributed by atoms with Crippen molar-refractivity contribution >= 4 is 23.6 Å². The largest absolute Gasteiger partial charge is 0.454 e. The van der Waals surface area contributed by atoms with Crippen molar-refractivity contribution in [1.29, 1.82) is 5.26 Å². The molecule has 7 nitrogen and oxygen atoms in total. The summed E-state index contributed by atoms with van der Waals surface area (Å²) in [5.74, 6) is -13.3. The Morgan fingerprint density at radius 3 is 2.29 bits per heavy atom. The van der Waals surface area contributed by atoms with E-state index in [0.717, 1.165) is 6.08 Å². The summed E-state index contributed by atoms with van der Waals surface area (Å²) < 4.78 is 81.3. The van der Waals surface area contributed by atoms with E-state index in [1.807, 2.05) is 0 Å². The molecule has 0 saturated carbocycles. The van der Waals surface area contributed by atoms with Gasteiger partial charge in [-0.1, -0.05) is 6.07 Å². The van der Waals surface area contributed by atoms with Crippen LogP contribution in [0.25, 0.3) is 6.08 Å². The molecule has 0 unspecified atom stereocenters. The van der Waals surface area contributed by atoms with Crippen LogP contribution in [0.1, 0.15) is 5.56 Å². The highest BCUT2D eigenvalue weighted by atomic mass is 19.2. The number of rotatable bonds is 5. The van der Waals surface area contributed by atoms with Crippen LogP contribution < -0.4 is 14.8 Å². The van der Waals surface area contributed by atoms with Crippen molar-refractivity contribution in [3.8, 4) is 17.6 Å². The standard InChI is InChI=1S/C19H9F5N2O5/c20-13-14(21)16(23)18(17(24)15(13)22)26-12(27)6-29-19(28)9(5-25)3-8-1-2-10-11(4-8)31-7-30-10/h1-4H,6-7H2,(H,26,27)/b9-3+. The normalized spacial score (nSPS) is 12.3. The van der Waals surface area contributed by atoms with Crippen molar-refractivity contribution in [3.05, 3.63) is 58.4 Å². The molecule has 0 bridgehead atoms. The van der Waals surface area contributed by atoms with Crippen LogP contribution in [-0.2, 0) is 14.3 Å². The second kappa shape index (κ2) is 8.70. The zero-order valence-corrected chi connectivity index (χ0v) is 15.1. The van der Waals surface area contributed by atoms with Crippen LogP contribution in [0.2, 0.25) is 0 Å². The van der Waals surface area contributed by atoms with Gasteiger partial charge in [-0.05, 0) is 23.8 Å². The molecule has 0 atom stereocenters. The van der Waals surface area contributed by atoms with E-state index in [-0.39, 0.29) is 6.79 Å². The lowest BCUT2D eigenvalue weighted by Crippen LogP contribution is -2.23. The number of esters is 1. The average Bonchev–Trinajstić information content (AvgIpc) is 3.23. The number of hydrogen-bond acceptors (Lipinski definition) is 6. The number of halogens is 5. The third-order valence-electron chi connectivity index (χ3n) is 3.86. The predicted octanol–water partition coefficient (Wildman–Crippen LogP) is 3.20. The molecule has 0 fully saturated rings. The van der Waals surface area contributed by atoms with Gasteiger partial charge in [0.15, 0.2) is 41.4 Å². The van der Waals surface area contributed by atoms with Gasteiger partial charge in [-0.3, -0.25) is 4.79 Å². The topological polar surface area (TPSA) is 97.7 Å². The summed E-state index contributed by atoms with van der Waals surface area (Å²) in [4.78, 5) is 23.7. The van der Waals surface area contributed by atoms with Crippen LogP contribution in [0.4, 0.5) is 27.6 Å². The van der Waals surface area contributed by atoms with E-state index >= 15 is 0 Å². The highest BCUT2D eigenvalue weighted by Crippen LogP contribution is 2.33. The smallest absolute Gasteiger partial charge is 0.349 e. The monoisotopic (exact) mass is 440 g/mol. The van der Waals surface area contributed by atoms with Crippen molar-refractivity contribution in [3.63, 3.8) is 0 Å². The summed E-state index contributed by atoms with van der Waals surface area (Å²) in [6.45, 7) is -1.16. The molecule has 2 aromatic rings. The van der Waals surface area contributed by atoms with Gasteiger partial charge in [0.2, 0.25) is 12.6 Å². The summed E-state index contributed by atoms with van der Waals surface area (Å²) in [6.07, 6.45) is 1.12. The molecule has 2 aromatic carbocycles. The lowest BCUT2D eigenvalue weighted by atomic mass is 10.1. The van der Waals surface area contributed by atoms with E-state index in [1.165, 1.54) is 23.5 Å². The van der Waals surface area contributed by atoms with E-state index in [2.05, 4.69) is 4.74 Å². The van der Waals surface area contributed by atoms with Crippen LogP contribution in [0, 0.1) is 40.4 Å². The molecule has 1 heterocycles. The van der Waals surface area contributed by atoms with Crippen molar-refractivity contribution in [2.75, 3.05) is 18.7 Å². The molecule has 1 amide bonds. The first-order valence-corrected chi connectivity index (χ1v) is 8.22. The molecule has 1 aliphatic rings. The Balaban J connectivity index is 1.67. The van der Waals surface area contributed by atoms with Crippen LogP contribution in [0.15, 0.2) is 23.8 Å². The number of carbonyl (C=O) groups is 2. The summed E-state index contributed by atoms with van der Waals surface area (Å²) in [6, 6.07) is 6.07. The van der Waals surface area contributed by atoms with Crippen LogP contribution >= 0.6 is 0 Å². The van der Waals surface area contributed by atoms with Crippen molar-refractivity contribution in [2.24, 2.45) is 0 Å². The number of nitrogens with one attached hydrogen (secondary N) is 1. The first-order chi connectivity index (χ1) is 14.7. The second-order valence-corrected chi connectivity index (χ2v) is 5.85. The zero-order valence-electron chi connectivity index (χ0n) is 15.1. The highest BCUT2D eigenvalue weighted by Gasteiger charge is 2.27. The van der Waals surface area contributed by atoms with Gasteiger partial charge in [-0.25, -0.2) is 26.7 Å². The molecule has 1 N–H and O–H groups in total. The fraction of sp³-hybridized carbons (Fsp3) is 0.105. The zero-order chi connectivity index (χ0) is 22.7. The molecule has 0 saturated heterocycles. The summed E-state index contributed by atoms with van der Waals surface area (Å²) in [5, 5.41) is 10.5. The molecule has 12 heteroatoms. The number of anilines is 1. The number of carbonyl (C=O) groups excluding carboxylic acids is 2. The number of fused-ring (bicyclic) bond motifs is 1. The molecule has 160 valence electrons. The Morgan fingerprint density at radius 1 is 1.03 bits per heavy atom. The Labute approximate surface area is 170 Å². The third-order valence-corrected chi connectivity index (χ3v) is 3.86. The quantitative estimate of drug-likeness (QED) is 0.192. The van der Waals surface area contributed by atoms with Gasteiger partial charge in [-0.15, -0.1) is 0 Å². The summed E-state index contributed by atoms with van der Waals surface area (Å²) >= 11 is 0. The minimum absolute atomic E-state index is 0.00774. The SMILES string of the molecule is N#C/C(=C\c1ccc2c(c1)OCO2)C(=O)OCC(=O)Nc1c(F)c(F)c(F)c(F)c1F. The molecule has 0 spiro atoms. The van der Waals surface area contributed by atoms with E-state index in [9.17, 15) is 31.5 Å². The third kappa shape index (κ3) is 4.40. The van der Waals surface area contributed by atoms with E-state index in [4.69, 9.17) is 14.7 Å². The van der Waals surface area contributed by atoms with Gasteiger partial charge in [0.1, 0.15) is 17.3 Å².